The maximum absolute atomic E-state index is 12.3. The summed E-state index contributed by atoms with van der Waals surface area (Å²) in [5.41, 5.74) is 0.656. The fourth-order valence-corrected chi connectivity index (χ4v) is 3.80. The molecule has 0 aromatic heterocycles. The van der Waals surface area contributed by atoms with E-state index in [1.54, 1.807) is 17.8 Å². The van der Waals surface area contributed by atoms with Crippen molar-refractivity contribution in [2.45, 2.75) is 24.9 Å². The van der Waals surface area contributed by atoms with E-state index in [2.05, 4.69) is 15.4 Å². The summed E-state index contributed by atoms with van der Waals surface area (Å²) in [6.45, 7) is 1.24. The lowest BCUT2D eigenvalue weighted by atomic mass is 10.2. The molecule has 2 aliphatic heterocycles. The van der Waals surface area contributed by atoms with E-state index in [4.69, 9.17) is 0 Å². The quantitative estimate of drug-likeness (QED) is 0.764. The molecule has 0 bridgehead atoms. The summed E-state index contributed by atoms with van der Waals surface area (Å²) in [5, 5.41) is 6.12. The van der Waals surface area contributed by atoms with E-state index >= 15 is 0 Å². The Kier molecular flexibility index (Phi) is 8.65. The monoisotopic (exact) mass is 433 g/mol. The zero-order chi connectivity index (χ0) is 17.2. The Morgan fingerprint density at radius 2 is 2.12 bits per heavy atom. The van der Waals surface area contributed by atoms with Gasteiger partial charge in [0.2, 0.25) is 5.91 Å². The van der Waals surface area contributed by atoms with Crippen molar-refractivity contribution < 1.29 is 22.7 Å². The number of anilines is 1. The topological polar surface area (TPSA) is 53.6 Å². The molecular formula is C15H20Cl2F3N3O2S. The van der Waals surface area contributed by atoms with Crippen LogP contribution in [0.15, 0.2) is 24.3 Å². The Morgan fingerprint density at radius 1 is 1.35 bits per heavy atom. The summed E-state index contributed by atoms with van der Waals surface area (Å²) in [6.07, 6.45) is -3.94. The number of rotatable bonds is 4. The number of benzene rings is 1. The van der Waals surface area contributed by atoms with Crippen molar-refractivity contribution in [2.24, 2.45) is 0 Å². The first-order valence-electron chi connectivity index (χ1n) is 7.63. The SMILES string of the molecule is Cl.Cl.O=C(NC1CCN(c2cccc(OC(F)(F)F)c2)C1)C1CSCN1. The van der Waals surface area contributed by atoms with Crippen molar-refractivity contribution in [1.29, 1.82) is 0 Å². The second-order valence-electron chi connectivity index (χ2n) is 5.76. The molecule has 1 aromatic carbocycles. The molecule has 148 valence electrons. The van der Waals surface area contributed by atoms with Gasteiger partial charge in [0.25, 0.3) is 0 Å². The molecule has 2 atom stereocenters. The first-order chi connectivity index (χ1) is 11.4. The Labute approximate surface area is 166 Å². The second-order valence-corrected chi connectivity index (χ2v) is 6.79. The van der Waals surface area contributed by atoms with Gasteiger partial charge in [0.1, 0.15) is 5.75 Å². The molecule has 0 saturated carbocycles. The number of carbonyl (C=O) groups is 1. The van der Waals surface area contributed by atoms with Crippen LogP contribution in [-0.2, 0) is 4.79 Å². The highest BCUT2D eigenvalue weighted by atomic mass is 35.5. The van der Waals surface area contributed by atoms with Crippen LogP contribution in [0.25, 0.3) is 0 Å². The van der Waals surface area contributed by atoms with Crippen LogP contribution in [0, 0.1) is 0 Å². The van der Waals surface area contributed by atoms with Gasteiger partial charge in [0.15, 0.2) is 0 Å². The Morgan fingerprint density at radius 3 is 2.77 bits per heavy atom. The summed E-state index contributed by atoms with van der Waals surface area (Å²) < 4.78 is 40.9. The second kappa shape index (κ2) is 9.77. The first kappa shape index (κ1) is 23.0. The van der Waals surface area contributed by atoms with Crippen LogP contribution in [0.5, 0.6) is 5.75 Å². The van der Waals surface area contributed by atoms with Crippen LogP contribution < -0.4 is 20.3 Å². The van der Waals surface area contributed by atoms with Gasteiger partial charge in [0, 0.05) is 42.5 Å². The van der Waals surface area contributed by atoms with Gasteiger partial charge >= 0.3 is 6.36 Å². The average molecular weight is 434 g/mol. The van der Waals surface area contributed by atoms with Crippen LogP contribution in [0.3, 0.4) is 0 Å². The molecule has 2 saturated heterocycles. The van der Waals surface area contributed by atoms with Crippen molar-refractivity contribution in [3.8, 4) is 5.75 Å². The molecule has 2 heterocycles. The molecule has 1 aromatic rings. The highest BCUT2D eigenvalue weighted by Crippen LogP contribution is 2.28. The van der Waals surface area contributed by atoms with E-state index < -0.39 is 6.36 Å². The number of amides is 1. The number of alkyl halides is 3. The number of ether oxygens (including phenoxy) is 1. The third-order valence-corrected chi connectivity index (χ3v) is 4.92. The van der Waals surface area contributed by atoms with Crippen LogP contribution in [0.4, 0.5) is 18.9 Å². The summed E-state index contributed by atoms with van der Waals surface area (Å²) in [4.78, 5) is 14.1. The van der Waals surface area contributed by atoms with Gasteiger partial charge in [-0.25, -0.2) is 0 Å². The zero-order valence-electron chi connectivity index (χ0n) is 13.6. The Balaban J connectivity index is 0.00000169. The fourth-order valence-electron chi connectivity index (χ4n) is 2.86. The number of hydrogen-bond donors (Lipinski definition) is 2. The molecule has 1 amide bonds. The lowest BCUT2D eigenvalue weighted by Gasteiger charge is -2.21. The van der Waals surface area contributed by atoms with Gasteiger partial charge in [-0.1, -0.05) is 6.07 Å². The van der Waals surface area contributed by atoms with Crippen molar-refractivity contribution in [2.75, 3.05) is 29.6 Å². The minimum Gasteiger partial charge on any atom is -0.406 e. The lowest BCUT2D eigenvalue weighted by Crippen LogP contribution is -2.47. The third-order valence-electron chi connectivity index (χ3n) is 3.98. The minimum absolute atomic E-state index is 0. The van der Waals surface area contributed by atoms with Crippen LogP contribution in [0.2, 0.25) is 0 Å². The van der Waals surface area contributed by atoms with Gasteiger partial charge in [-0.3, -0.25) is 10.1 Å². The van der Waals surface area contributed by atoms with E-state index in [0.717, 1.165) is 18.1 Å². The van der Waals surface area contributed by atoms with Crippen molar-refractivity contribution in [3.05, 3.63) is 24.3 Å². The van der Waals surface area contributed by atoms with Gasteiger partial charge in [-0.2, -0.15) is 0 Å². The van der Waals surface area contributed by atoms with Crippen LogP contribution in [-0.4, -0.2) is 49.1 Å². The molecular weight excluding hydrogens is 414 g/mol. The number of carbonyl (C=O) groups excluding carboxylic acids is 1. The number of halogens is 5. The maximum Gasteiger partial charge on any atom is 0.573 e. The van der Waals surface area contributed by atoms with Gasteiger partial charge in [0.05, 0.1) is 6.04 Å². The van der Waals surface area contributed by atoms with E-state index in [9.17, 15) is 18.0 Å². The Hall–Kier alpha value is -1.03. The predicted octanol–water partition coefficient (Wildman–Crippen LogP) is 2.79. The molecule has 2 aliphatic rings. The average Bonchev–Trinajstić information content (AvgIpc) is 3.17. The summed E-state index contributed by atoms with van der Waals surface area (Å²) in [7, 11) is 0. The van der Waals surface area contributed by atoms with Gasteiger partial charge < -0.3 is 15.0 Å². The number of nitrogens with one attached hydrogen (secondary N) is 2. The number of nitrogens with zero attached hydrogens (tertiary/aromatic N) is 1. The van der Waals surface area contributed by atoms with E-state index in [-0.39, 0.29) is 48.6 Å². The smallest absolute Gasteiger partial charge is 0.406 e. The fraction of sp³-hybridized carbons (Fsp3) is 0.533. The van der Waals surface area contributed by atoms with E-state index in [0.29, 0.717) is 18.8 Å². The standard InChI is InChI=1S/C15H18F3N3O2S.2ClH/c16-15(17,18)23-12-3-1-2-11(6-12)21-5-4-10(7-21)20-14(22)13-8-24-9-19-13;;/h1-3,6,10,13,19H,4-5,7-9H2,(H,20,22);2*1H. The highest BCUT2D eigenvalue weighted by molar-refractivity contribution is 7.99. The third kappa shape index (κ3) is 6.29. The van der Waals surface area contributed by atoms with E-state index in [1.807, 2.05) is 4.90 Å². The lowest BCUT2D eigenvalue weighted by molar-refractivity contribution is -0.274. The molecule has 0 spiro atoms. The highest BCUT2D eigenvalue weighted by Gasteiger charge is 2.32. The van der Waals surface area contributed by atoms with Crippen molar-refractivity contribution >= 4 is 48.2 Å². The normalized spacial score (nSPS) is 22.3. The molecule has 0 aliphatic carbocycles. The number of hydrogen-bond acceptors (Lipinski definition) is 5. The molecule has 2 unspecified atom stereocenters. The minimum atomic E-state index is -4.70. The van der Waals surface area contributed by atoms with E-state index in [1.165, 1.54) is 18.2 Å². The maximum atomic E-state index is 12.3. The van der Waals surface area contributed by atoms with Gasteiger partial charge in [-0.05, 0) is 18.6 Å². The Bertz CT molecular complexity index is 604. The molecule has 2 fully saturated rings. The summed E-state index contributed by atoms with van der Waals surface area (Å²) >= 11 is 1.68. The zero-order valence-corrected chi connectivity index (χ0v) is 16.1. The molecule has 0 radical (unpaired) electrons. The van der Waals surface area contributed by atoms with Gasteiger partial charge in [-0.15, -0.1) is 49.7 Å². The molecule has 5 nitrogen and oxygen atoms in total. The largest absolute Gasteiger partial charge is 0.573 e. The number of thioether (sulfide) groups is 1. The molecule has 11 heteroatoms. The van der Waals surface area contributed by atoms with Crippen molar-refractivity contribution in [1.82, 2.24) is 10.6 Å². The van der Waals surface area contributed by atoms with Crippen LogP contribution in [0.1, 0.15) is 6.42 Å². The molecule has 2 N–H and O–H groups in total. The van der Waals surface area contributed by atoms with Crippen LogP contribution >= 0.6 is 36.6 Å². The summed E-state index contributed by atoms with van der Waals surface area (Å²) in [5.74, 6) is 1.29. The molecule has 26 heavy (non-hydrogen) atoms. The predicted molar refractivity (Wildman–Crippen MR) is 101 cm³/mol. The van der Waals surface area contributed by atoms with Crippen molar-refractivity contribution in [3.63, 3.8) is 0 Å². The molecule has 3 rings (SSSR count). The first-order valence-corrected chi connectivity index (χ1v) is 8.78. The summed E-state index contributed by atoms with van der Waals surface area (Å²) in [6, 6.07) is 5.75.